The number of aliphatic hydroxyl groups is 1. The summed E-state index contributed by atoms with van der Waals surface area (Å²) in [6.45, 7) is 2.96. The quantitative estimate of drug-likeness (QED) is 0.861. The van der Waals surface area contributed by atoms with Crippen LogP contribution in [0.5, 0.6) is 0 Å². The summed E-state index contributed by atoms with van der Waals surface area (Å²) in [4.78, 5) is 28.5. The Morgan fingerprint density at radius 1 is 1.35 bits per heavy atom. The summed E-state index contributed by atoms with van der Waals surface area (Å²) in [6.07, 6.45) is 2.39. The van der Waals surface area contributed by atoms with Crippen molar-refractivity contribution in [3.63, 3.8) is 0 Å². The molecular formula is C14H18N2O4. The van der Waals surface area contributed by atoms with Gasteiger partial charge in [-0.3, -0.25) is 9.78 Å². The van der Waals surface area contributed by atoms with Gasteiger partial charge in [-0.25, -0.2) is 4.79 Å². The third kappa shape index (κ3) is 3.14. The highest BCUT2D eigenvalue weighted by molar-refractivity contribution is 5.93. The molecule has 0 radical (unpaired) electrons. The highest BCUT2D eigenvalue weighted by Gasteiger charge is 2.26. The van der Waals surface area contributed by atoms with Crippen molar-refractivity contribution in [2.45, 2.75) is 25.9 Å². The highest BCUT2D eigenvalue weighted by Crippen LogP contribution is 2.21. The van der Waals surface area contributed by atoms with E-state index in [1.165, 1.54) is 18.3 Å². The SMILES string of the molecule is CC(O)C1CCN(C(=O)c2ccc(C(=O)O)cn2)CC1. The van der Waals surface area contributed by atoms with Crippen molar-refractivity contribution in [1.29, 1.82) is 0 Å². The van der Waals surface area contributed by atoms with Gasteiger partial charge in [0.05, 0.1) is 11.7 Å². The number of aromatic nitrogens is 1. The third-order valence-corrected chi connectivity index (χ3v) is 3.74. The van der Waals surface area contributed by atoms with Crippen LogP contribution in [0.15, 0.2) is 18.3 Å². The Morgan fingerprint density at radius 2 is 2.00 bits per heavy atom. The van der Waals surface area contributed by atoms with Crippen LogP contribution in [-0.2, 0) is 0 Å². The number of piperidine rings is 1. The lowest BCUT2D eigenvalue weighted by molar-refractivity contribution is 0.0516. The van der Waals surface area contributed by atoms with Gasteiger partial charge in [0.2, 0.25) is 0 Å². The maximum absolute atomic E-state index is 12.2. The van der Waals surface area contributed by atoms with Crippen molar-refractivity contribution in [3.05, 3.63) is 29.6 Å². The van der Waals surface area contributed by atoms with Crippen molar-refractivity contribution in [3.8, 4) is 0 Å². The van der Waals surface area contributed by atoms with E-state index >= 15 is 0 Å². The van der Waals surface area contributed by atoms with Crippen LogP contribution in [0.4, 0.5) is 0 Å². The lowest BCUT2D eigenvalue weighted by Crippen LogP contribution is -2.41. The van der Waals surface area contributed by atoms with Gasteiger partial charge in [0.1, 0.15) is 5.69 Å². The number of carboxylic acids is 1. The van der Waals surface area contributed by atoms with E-state index in [1.54, 1.807) is 11.8 Å². The number of amides is 1. The summed E-state index contributed by atoms with van der Waals surface area (Å²) >= 11 is 0. The van der Waals surface area contributed by atoms with E-state index in [-0.39, 0.29) is 29.2 Å². The van der Waals surface area contributed by atoms with E-state index < -0.39 is 5.97 Å². The molecule has 0 saturated carbocycles. The van der Waals surface area contributed by atoms with Crippen molar-refractivity contribution in [2.24, 2.45) is 5.92 Å². The smallest absolute Gasteiger partial charge is 0.337 e. The van der Waals surface area contributed by atoms with E-state index in [4.69, 9.17) is 5.11 Å². The zero-order chi connectivity index (χ0) is 14.7. The van der Waals surface area contributed by atoms with Crippen LogP contribution >= 0.6 is 0 Å². The van der Waals surface area contributed by atoms with Gasteiger partial charge in [-0.15, -0.1) is 0 Å². The Kier molecular flexibility index (Phi) is 4.34. The number of aromatic carboxylic acids is 1. The normalized spacial score (nSPS) is 17.8. The molecule has 1 unspecified atom stereocenters. The molecule has 0 aromatic carbocycles. The van der Waals surface area contributed by atoms with Crippen LogP contribution < -0.4 is 0 Å². The van der Waals surface area contributed by atoms with Crippen LogP contribution in [0.25, 0.3) is 0 Å². The molecule has 108 valence electrons. The average molecular weight is 278 g/mol. The van der Waals surface area contributed by atoms with Gasteiger partial charge in [0.15, 0.2) is 0 Å². The molecule has 20 heavy (non-hydrogen) atoms. The second-order valence-corrected chi connectivity index (χ2v) is 5.11. The number of nitrogens with zero attached hydrogens (tertiary/aromatic N) is 2. The summed E-state index contributed by atoms with van der Waals surface area (Å²) in [6, 6.07) is 2.82. The molecule has 1 saturated heterocycles. The minimum Gasteiger partial charge on any atom is -0.478 e. The first-order valence-electron chi connectivity index (χ1n) is 6.65. The Morgan fingerprint density at radius 3 is 2.45 bits per heavy atom. The van der Waals surface area contributed by atoms with Crippen molar-refractivity contribution < 1.29 is 19.8 Å². The van der Waals surface area contributed by atoms with Gasteiger partial charge in [-0.1, -0.05) is 0 Å². The second-order valence-electron chi connectivity index (χ2n) is 5.11. The fourth-order valence-electron chi connectivity index (χ4n) is 2.39. The van der Waals surface area contributed by atoms with Gasteiger partial charge >= 0.3 is 5.97 Å². The van der Waals surface area contributed by atoms with Crippen molar-refractivity contribution >= 4 is 11.9 Å². The molecule has 1 fully saturated rings. The molecule has 0 aliphatic carbocycles. The van der Waals surface area contributed by atoms with E-state index in [0.29, 0.717) is 13.1 Å². The molecule has 1 aliphatic heterocycles. The minimum absolute atomic E-state index is 0.0642. The van der Waals surface area contributed by atoms with Gasteiger partial charge in [-0.2, -0.15) is 0 Å². The molecule has 0 bridgehead atoms. The number of rotatable bonds is 3. The zero-order valence-electron chi connectivity index (χ0n) is 11.3. The summed E-state index contributed by atoms with van der Waals surface area (Å²) in [5.41, 5.74) is 0.319. The third-order valence-electron chi connectivity index (χ3n) is 3.74. The molecule has 0 spiro atoms. The van der Waals surface area contributed by atoms with Gasteiger partial charge < -0.3 is 15.1 Å². The predicted octanol–water partition coefficient (Wildman–Crippen LogP) is 1.01. The largest absolute Gasteiger partial charge is 0.478 e. The molecule has 2 N–H and O–H groups in total. The fourth-order valence-corrected chi connectivity index (χ4v) is 2.39. The van der Waals surface area contributed by atoms with Crippen LogP contribution in [0, 0.1) is 5.92 Å². The Bertz CT molecular complexity index is 490. The molecule has 6 heteroatoms. The van der Waals surface area contributed by atoms with Crippen LogP contribution in [0.2, 0.25) is 0 Å². The number of hydrogen-bond donors (Lipinski definition) is 2. The number of carbonyl (C=O) groups is 2. The molecule has 1 amide bonds. The maximum atomic E-state index is 12.2. The molecule has 2 rings (SSSR count). The van der Waals surface area contributed by atoms with E-state index in [9.17, 15) is 14.7 Å². The summed E-state index contributed by atoms with van der Waals surface area (Å²) < 4.78 is 0. The topological polar surface area (TPSA) is 90.7 Å². The number of likely N-dealkylation sites (tertiary alicyclic amines) is 1. The predicted molar refractivity (Wildman–Crippen MR) is 71.5 cm³/mol. The summed E-state index contributed by atoms with van der Waals surface area (Å²) in [5.74, 6) is -1.01. The van der Waals surface area contributed by atoms with E-state index in [1.807, 2.05) is 0 Å². The number of pyridine rings is 1. The van der Waals surface area contributed by atoms with Gasteiger partial charge in [0, 0.05) is 19.3 Å². The first-order chi connectivity index (χ1) is 9.49. The summed E-state index contributed by atoms with van der Waals surface area (Å²) in [7, 11) is 0. The molecular weight excluding hydrogens is 260 g/mol. The highest BCUT2D eigenvalue weighted by atomic mass is 16.4. The minimum atomic E-state index is -1.06. The Labute approximate surface area is 117 Å². The molecule has 2 heterocycles. The summed E-state index contributed by atoms with van der Waals surface area (Å²) in [5, 5.41) is 18.3. The first kappa shape index (κ1) is 14.5. The van der Waals surface area contributed by atoms with Crippen LogP contribution in [0.3, 0.4) is 0 Å². The number of aliphatic hydroxyl groups excluding tert-OH is 1. The maximum Gasteiger partial charge on any atom is 0.337 e. The standard InChI is InChI=1S/C14H18N2O4/c1-9(17)10-4-6-16(7-5-10)13(18)12-3-2-11(8-15-12)14(19)20/h2-3,8-10,17H,4-7H2,1H3,(H,19,20). The molecule has 6 nitrogen and oxygen atoms in total. The molecule has 1 aliphatic rings. The van der Waals surface area contributed by atoms with E-state index in [0.717, 1.165) is 12.8 Å². The van der Waals surface area contributed by atoms with Gasteiger partial charge in [0.25, 0.3) is 5.91 Å². The van der Waals surface area contributed by atoms with Crippen molar-refractivity contribution in [2.75, 3.05) is 13.1 Å². The lowest BCUT2D eigenvalue weighted by Gasteiger charge is -2.33. The monoisotopic (exact) mass is 278 g/mol. The van der Waals surface area contributed by atoms with Crippen molar-refractivity contribution in [1.82, 2.24) is 9.88 Å². The average Bonchev–Trinajstić information content (AvgIpc) is 2.46. The number of carbonyl (C=O) groups excluding carboxylic acids is 1. The first-order valence-corrected chi connectivity index (χ1v) is 6.65. The Balaban J connectivity index is 2.00. The number of hydrogen-bond acceptors (Lipinski definition) is 4. The molecule has 1 aromatic rings. The molecule has 1 atom stereocenters. The van der Waals surface area contributed by atoms with Crippen LogP contribution in [0.1, 0.15) is 40.6 Å². The lowest BCUT2D eigenvalue weighted by atomic mass is 9.92. The molecule has 1 aromatic heterocycles. The fraction of sp³-hybridized carbons (Fsp3) is 0.500. The Hall–Kier alpha value is -1.95. The second kappa shape index (κ2) is 6.00. The zero-order valence-corrected chi connectivity index (χ0v) is 11.3. The van der Waals surface area contributed by atoms with Gasteiger partial charge in [-0.05, 0) is 37.8 Å². The van der Waals surface area contributed by atoms with Crippen LogP contribution in [-0.4, -0.2) is 51.2 Å². The number of carboxylic acid groups (broad SMARTS) is 1. The van der Waals surface area contributed by atoms with E-state index in [2.05, 4.69) is 4.98 Å².